The van der Waals surface area contributed by atoms with Crippen LogP contribution in [0.25, 0.3) is 11.3 Å². The molecule has 1 saturated heterocycles. The first kappa shape index (κ1) is 24.0. The molecule has 0 saturated carbocycles. The van der Waals surface area contributed by atoms with Crippen LogP contribution in [0.4, 0.5) is 10.1 Å². The number of aryl methyl sites for hydroxylation is 1. The van der Waals surface area contributed by atoms with E-state index in [9.17, 15) is 17.6 Å². The van der Waals surface area contributed by atoms with Gasteiger partial charge in [-0.05, 0) is 55.3 Å². The number of methoxy groups -OCH3 is 1. The zero-order valence-electron chi connectivity index (χ0n) is 18.9. The van der Waals surface area contributed by atoms with Gasteiger partial charge in [0.1, 0.15) is 23.1 Å². The van der Waals surface area contributed by atoms with E-state index in [2.05, 4.69) is 5.32 Å². The average Bonchev–Trinajstić information content (AvgIpc) is 3.32. The van der Waals surface area contributed by atoms with Crippen LogP contribution in [0.3, 0.4) is 0 Å². The zero-order valence-corrected chi connectivity index (χ0v) is 19.7. The van der Waals surface area contributed by atoms with E-state index in [1.165, 1.54) is 29.6 Å². The van der Waals surface area contributed by atoms with Gasteiger partial charge >= 0.3 is 0 Å². The van der Waals surface area contributed by atoms with Gasteiger partial charge < -0.3 is 14.5 Å². The number of ether oxygens (including phenoxy) is 1. The van der Waals surface area contributed by atoms with Gasteiger partial charge in [-0.2, -0.15) is 4.31 Å². The molecule has 1 N–H and O–H groups in total. The number of piperidine rings is 1. The largest absolute Gasteiger partial charge is 0.495 e. The molecule has 7 nitrogen and oxygen atoms in total. The van der Waals surface area contributed by atoms with E-state index in [0.29, 0.717) is 42.3 Å². The highest BCUT2D eigenvalue weighted by Gasteiger charge is 2.27. The van der Waals surface area contributed by atoms with Crippen molar-refractivity contribution in [2.45, 2.75) is 37.0 Å². The van der Waals surface area contributed by atoms with Crippen molar-refractivity contribution < 1.29 is 26.8 Å². The number of furan rings is 1. The third-order valence-corrected chi connectivity index (χ3v) is 7.69. The number of carbonyl (C=O) groups is 1. The smallest absolute Gasteiger partial charge is 0.243 e. The highest BCUT2D eigenvalue weighted by molar-refractivity contribution is 7.89. The summed E-state index contributed by atoms with van der Waals surface area (Å²) < 4.78 is 52.5. The summed E-state index contributed by atoms with van der Waals surface area (Å²) in [7, 11) is -2.19. The Morgan fingerprint density at radius 2 is 1.85 bits per heavy atom. The Labute approximate surface area is 198 Å². The molecule has 1 aliphatic rings. The predicted molar refractivity (Wildman–Crippen MR) is 127 cm³/mol. The third kappa shape index (κ3) is 5.31. The fourth-order valence-corrected chi connectivity index (χ4v) is 5.51. The van der Waals surface area contributed by atoms with Crippen molar-refractivity contribution in [3.8, 4) is 17.1 Å². The second-order valence-electron chi connectivity index (χ2n) is 8.12. The van der Waals surface area contributed by atoms with Gasteiger partial charge in [-0.15, -0.1) is 0 Å². The zero-order chi connectivity index (χ0) is 24.1. The van der Waals surface area contributed by atoms with E-state index >= 15 is 0 Å². The maximum Gasteiger partial charge on any atom is 0.243 e. The van der Waals surface area contributed by atoms with E-state index in [4.69, 9.17) is 9.15 Å². The molecular formula is C25H27FN2O5S. The van der Waals surface area contributed by atoms with Crippen molar-refractivity contribution in [2.75, 3.05) is 25.5 Å². The molecule has 180 valence electrons. The molecule has 1 aliphatic heterocycles. The van der Waals surface area contributed by atoms with E-state index < -0.39 is 10.0 Å². The van der Waals surface area contributed by atoms with Crippen LogP contribution in [0.5, 0.6) is 5.75 Å². The highest BCUT2D eigenvalue weighted by atomic mass is 32.2. The fourth-order valence-electron chi connectivity index (χ4n) is 3.97. The second kappa shape index (κ2) is 10.4. The van der Waals surface area contributed by atoms with Gasteiger partial charge in [-0.25, -0.2) is 12.8 Å². The number of nitrogens with zero attached hydrogens (tertiary/aromatic N) is 1. The lowest BCUT2D eigenvalue weighted by Gasteiger charge is -2.26. The summed E-state index contributed by atoms with van der Waals surface area (Å²) in [6.07, 6.45) is 3.09. The number of nitrogens with one attached hydrogen (secondary N) is 1. The summed E-state index contributed by atoms with van der Waals surface area (Å²) in [6, 6.07) is 14.2. The molecule has 0 aliphatic carbocycles. The number of amides is 1. The van der Waals surface area contributed by atoms with Crippen LogP contribution >= 0.6 is 0 Å². The number of hydrogen-bond acceptors (Lipinski definition) is 5. The topological polar surface area (TPSA) is 88.9 Å². The van der Waals surface area contributed by atoms with E-state index in [1.54, 1.807) is 36.4 Å². The van der Waals surface area contributed by atoms with Crippen molar-refractivity contribution >= 4 is 21.6 Å². The molecule has 0 atom stereocenters. The molecule has 1 aromatic heterocycles. The van der Waals surface area contributed by atoms with Crippen molar-refractivity contribution in [3.05, 3.63) is 66.2 Å². The predicted octanol–water partition coefficient (Wildman–Crippen LogP) is 4.84. The standard InChI is InChI=1S/C25H27FN2O5S/c1-32-24-13-11-19(34(30,31)28-15-5-2-6-16-28)17-22(24)27-25(29)14-10-18-9-12-23(33-18)20-7-3-4-8-21(20)26/h3-4,7-9,11-13,17H,2,5-6,10,14-16H2,1H3,(H,27,29). The molecule has 3 aromatic rings. The molecule has 0 spiro atoms. The van der Waals surface area contributed by atoms with Crippen LogP contribution in [0.1, 0.15) is 31.4 Å². The van der Waals surface area contributed by atoms with Crippen molar-refractivity contribution in [2.24, 2.45) is 0 Å². The van der Waals surface area contributed by atoms with Crippen LogP contribution in [-0.4, -0.2) is 38.8 Å². The third-order valence-electron chi connectivity index (χ3n) is 5.80. The maximum atomic E-state index is 14.0. The van der Waals surface area contributed by atoms with Crippen LogP contribution in [0.2, 0.25) is 0 Å². The minimum absolute atomic E-state index is 0.0937. The van der Waals surface area contributed by atoms with Crippen molar-refractivity contribution in [1.82, 2.24) is 4.31 Å². The van der Waals surface area contributed by atoms with E-state index in [1.807, 2.05) is 0 Å². The SMILES string of the molecule is COc1ccc(S(=O)(=O)N2CCCCC2)cc1NC(=O)CCc1ccc(-c2ccccc2F)o1. The molecule has 4 rings (SSSR count). The summed E-state index contributed by atoms with van der Waals surface area (Å²) >= 11 is 0. The molecule has 1 amide bonds. The fraction of sp³-hybridized carbons (Fsp3) is 0.320. The normalized spacial score (nSPS) is 14.6. The molecule has 0 bridgehead atoms. The summed E-state index contributed by atoms with van der Waals surface area (Å²) in [6.45, 7) is 0.988. The summed E-state index contributed by atoms with van der Waals surface area (Å²) in [5.74, 6) is 0.598. The Bertz CT molecular complexity index is 1270. The number of hydrogen-bond donors (Lipinski definition) is 1. The first-order valence-corrected chi connectivity index (χ1v) is 12.6. The van der Waals surface area contributed by atoms with Crippen LogP contribution < -0.4 is 10.1 Å². The van der Waals surface area contributed by atoms with Gasteiger partial charge in [0.05, 0.1) is 23.3 Å². The molecule has 0 unspecified atom stereocenters. The van der Waals surface area contributed by atoms with Crippen molar-refractivity contribution in [1.29, 1.82) is 0 Å². The molecule has 2 heterocycles. The number of anilines is 1. The Hall–Kier alpha value is -3.17. The van der Waals surface area contributed by atoms with Gasteiger partial charge in [-0.1, -0.05) is 18.6 Å². The molecular weight excluding hydrogens is 459 g/mol. The number of carbonyl (C=O) groups excluding carboxylic acids is 1. The summed E-state index contributed by atoms with van der Waals surface area (Å²) in [5.41, 5.74) is 0.645. The number of benzene rings is 2. The van der Waals surface area contributed by atoms with Gasteiger partial charge in [0, 0.05) is 25.9 Å². The summed E-state index contributed by atoms with van der Waals surface area (Å²) in [5, 5.41) is 2.75. The quantitative estimate of drug-likeness (QED) is 0.492. The molecule has 9 heteroatoms. The molecule has 0 radical (unpaired) electrons. The van der Waals surface area contributed by atoms with E-state index in [-0.39, 0.29) is 28.7 Å². The van der Waals surface area contributed by atoms with Crippen molar-refractivity contribution in [3.63, 3.8) is 0 Å². The number of rotatable bonds is 8. The lowest BCUT2D eigenvalue weighted by molar-refractivity contribution is -0.116. The maximum absolute atomic E-state index is 14.0. The number of sulfonamides is 1. The van der Waals surface area contributed by atoms with Gasteiger partial charge in [0.25, 0.3) is 0 Å². The second-order valence-corrected chi connectivity index (χ2v) is 10.1. The summed E-state index contributed by atoms with van der Waals surface area (Å²) in [4.78, 5) is 12.7. The Kier molecular flexibility index (Phi) is 7.33. The molecule has 2 aromatic carbocycles. The van der Waals surface area contributed by atoms with Crippen LogP contribution in [0.15, 0.2) is 63.9 Å². The first-order valence-electron chi connectivity index (χ1n) is 11.2. The highest BCUT2D eigenvalue weighted by Crippen LogP contribution is 2.30. The average molecular weight is 487 g/mol. The lowest BCUT2D eigenvalue weighted by atomic mass is 10.1. The molecule has 1 fully saturated rings. The van der Waals surface area contributed by atoms with Gasteiger partial charge in [0.2, 0.25) is 15.9 Å². The number of halogens is 1. The van der Waals surface area contributed by atoms with Gasteiger partial charge in [-0.3, -0.25) is 4.79 Å². The monoisotopic (exact) mass is 486 g/mol. The van der Waals surface area contributed by atoms with Crippen LogP contribution in [-0.2, 0) is 21.2 Å². The lowest BCUT2D eigenvalue weighted by Crippen LogP contribution is -2.35. The van der Waals surface area contributed by atoms with Crippen LogP contribution in [0, 0.1) is 5.82 Å². The minimum Gasteiger partial charge on any atom is -0.495 e. The van der Waals surface area contributed by atoms with E-state index in [0.717, 1.165) is 19.3 Å². The Balaban J connectivity index is 1.43. The Morgan fingerprint density at radius 1 is 1.09 bits per heavy atom. The Morgan fingerprint density at radius 3 is 2.59 bits per heavy atom. The molecule has 34 heavy (non-hydrogen) atoms. The first-order chi connectivity index (χ1) is 16.4. The van der Waals surface area contributed by atoms with Gasteiger partial charge in [0.15, 0.2) is 0 Å². The minimum atomic E-state index is -3.65.